The zero-order valence-electron chi connectivity index (χ0n) is 11.8. The molecule has 0 aliphatic rings. The minimum Gasteiger partial charge on any atom is -0.383 e. The molecule has 0 unspecified atom stereocenters. The fourth-order valence-corrected chi connectivity index (χ4v) is 2.14. The average molecular weight is 276 g/mol. The van der Waals surface area contributed by atoms with Gasteiger partial charge in [0.15, 0.2) is 0 Å². The molecule has 0 fully saturated rings. The van der Waals surface area contributed by atoms with Crippen molar-refractivity contribution >= 4 is 17.7 Å². The second-order valence-electron chi connectivity index (χ2n) is 4.73. The van der Waals surface area contributed by atoms with Crippen molar-refractivity contribution in [3.8, 4) is 5.69 Å². The van der Waals surface area contributed by atoms with Gasteiger partial charge in [-0.2, -0.15) is 5.10 Å². The molecule has 0 bridgehead atoms. The Bertz CT molecular complexity index is 758. The maximum atomic E-state index is 6.21. The molecule has 2 aromatic carbocycles. The molecule has 0 aliphatic heterocycles. The van der Waals surface area contributed by atoms with E-state index in [2.05, 4.69) is 10.1 Å². The van der Waals surface area contributed by atoms with E-state index in [0.717, 1.165) is 22.6 Å². The first-order valence-corrected chi connectivity index (χ1v) is 6.75. The second kappa shape index (κ2) is 5.63. The highest BCUT2D eigenvalue weighted by atomic mass is 15.3. The molecule has 1 heterocycles. The molecule has 0 saturated carbocycles. The first-order valence-electron chi connectivity index (χ1n) is 6.75. The van der Waals surface area contributed by atoms with Crippen LogP contribution in [0.1, 0.15) is 11.3 Å². The van der Waals surface area contributed by atoms with Crippen molar-refractivity contribution < 1.29 is 0 Å². The Kier molecular flexibility index (Phi) is 3.51. The number of rotatable bonds is 3. The Morgan fingerprint density at radius 2 is 1.62 bits per heavy atom. The molecule has 104 valence electrons. The van der Waals surface area contributed by atoms with Gasteiger partial charge in [0.2, 0.25) is 0 Å². The van der Waals surface area contributed by atoms with Crippen LogP contribution < -0.4 is 5.73 Å². The standard InChI is InChI=1S/C17H16N4/c1-13-16(12-19-14-8-4-2-5-9-14)17(18)21(20-13)15-10-6-3-7-11-15/h2-12H,18H2,1H3. The molecule has 0 atom stereocenters. The number of para-hydroxylation sites is 2. The fourth-order valence-electron chi connectivity index (χ4n) is 2.14. The second-order valence-corrected chi connectivity index (χ2v) is 4.73. The Hall–Kier alpha value is -2.88. The Balaban J connectivity index is 1.98. The topological polar surface area (TPSA) is 56.2 Å². The highest BCUT2D eigenvalue weighted by Gasteiger charge is 2.11. The first kappa shape index (κ1) is 13.1. The molecule has 3 rings (SSSR count). The molecule has 21 heavy (non-hydrogen) atoms. The first-order chi connectivity index (χ1) is 10.3. The van der Waals surface area contributed by atoms with Crippen LogP contribution in [-0.4, -0.2) is 16.0 Å². The Labute approximate surface area is 123 Å². The quantitative estimate of drug-likeness (QED) is 0.744. The third-order valence-corrected chi connectivity index (χ3v) is 3.24. The van der Waals surface area contributed by atoms with Gasteiger partial charge in [-0.1, -0.05) is 36.4 Å². The lowest BCUT2D eigenvalue weighted by Crippen LogP contribution is -2.02. The number of aryl methyl sites for hydroxylation is 1. The van der Waals surface area contributed by atoms with Crippen LogP contribution in [-0.2, 0) is 0 Å². The molecule has 0 aliphatic carbocycles. The lowest BCUT2D eigenvalue weighted by molar-refractivity contribution is 0.872. The normalized spacial score (nSPS) is 11.1. The van der Waals surface area contributed by atoms with Crippen LogP contribution in [0.2, 0.25) is 0 Å². The molecule has 3 aromatic rings. The maximum absolute atomic E-state index is 6.21. The van der Waals surface area contributed by atoms with E-state index >= 15 is 0 Å². The van der Waals surface area contributed by atoms with Crippen LogP contribution in [0.15, 0.2) is 65.7 Å². The number of aromatic nitrogens is 2. The molecule has 0 saturated heterocycles. The van der Waals surface area contributed by atoms with E-state index in [1.54, 1.807) is 10.9 Å². The smallest absolute Gasteiger partial charge is 0.136 e. The van der Waals surface area contributed by atoms with Crippen LogP contribution >= 0.6 is 0 Å². The summed E-state index contributed by atoms with van der Waals surface area (Å²) in [5, 5.41) is 4.49. The van der Waals surface area contributed by atoms with Crippen LogP contribution in [0.25, 0.3) is 5.69 Å². The number of benzene rings is 2. The van der Waals surface area contributed by atoms with Crippen LogP contribution in [0.3, 0.4) is 0 Å². The molecule has 4 heteroatoms. The van der Waals surface area contributed by atoms with Crippen LogP contribution in [0, 0.1) is 6.92 Å². The highest BCUT2D eigenvalue weighted by molar-refractivity contribution is 5.89. The number of nitrogens with two attached hydrogens (primary N) is 1. The molecule has 0 spiro atoms. The van der Waals surface area contributed by atoms with Crippen molar-refractivity contribution in [2.75, 3.05) is 5.73 Å². The Morgan fingerprint density at radius 1 is 1.00 bits per heavy atom. The van der Waals surface area contributed by atoms with Gasteiger partial charge >= 0.3 is 0 Å². The van der Waals surface area contributed by atoms with Gasteiger partial charge in [0.05, 0.1) is 22.6 Å². The summed E-state index contributed by atoms with van der Waals surface area (Å²) in [5.41, 5.74) is 9.75. The molecular weight excluding hydrogens is 260 g/mol. The lowest BCUT2D eigenvalue weighted by Gasteiger charge is -2.03. The van der Waals surface area contributed by atoms with Crippen molar-refractivity contribution in [1.29, 1.82) is 0 Å². The van der Waals surface area contributed by atoms with E-state index in [-0.39, 0.29) is 0 Å². The molecule has 0 amide bonds. The van der Waals surface area contributed by atoms with E-state index in [1.165, 1.54) is 0 Å². The summed E-state index contributed by atoms with van der Waals surface area (Å²) in [6, 6.07) is 19.6. The highest BCUT2D eigenvalue weighted by Crippen LogP contribution is 2.20. The largest absolute Gasteiger partial charge is 0.383 e. The van der Waals surface area contributed by atoms with Gasteiger partial charge in [-0.25, -0.2) is 4.68 Å². The minimum absolute atomic E-state index is 0.596. The minimum atomic E-state index is 0.596. The third kappa shape index (κ3) is 2.69. The van der Waals surface area contributed by atoms with E-state index in [0.29, 0.717) is 5.82 Å². The van der Waals surface area contributed by atoms with Crippen LogP contribution in [0.5, 0.6) is 0 Å². The van der Waals surface area contributed by atoms with Gasteiger partial charge < -0.3 is 5.73 Å². The van der Waals surface area contributed by atoms with Gasteiger partial charge in [-0.05, 0) is 31.2 Å². The van der Waals surface area contributed by atoms with Crippen molar-refractivity contribution in [1.82, 2.24) is 9.78 Å². The van der Waals surface area contributed by atoms with E-state index in [9.17, 15) is 0 Å². The van der Waals surface area contributed by atoms with Gasteiger partial charge in [0.1, 0.15) is 5.82 Å². The summed E-state index contributed by atoms with van der Waals surface area (Å²) in [6.45, 7) is 1.93. The summed E-state index contributed by atoms with van der Waals surface area (Å²) in [5.74, 6) is 0.596. The summed E-state index contributed by atoms with van der Waals surface area (Å²) in [7, 11) is 0. The SMILES string of the molecule is Cc1nn(-c2ccccc2)c(N)c1C=Nc1ccccc1. The number of nitrogens with zero attached hydrogens (tertiary/aromatic N) is 3. The predicted octanol–water partition coefficient (Wildman–Crippen LogP) is 3.51. The van der Waals surface area contributed by atoms with Crippen molar-refractivity contribution in [3.05, 3.63) is 71.9 Å². The van der Waals surface area contributed by atoms with Gasteiger partial charge in [0.25, 0.3) is 0 Å². The zero-order chi connectivity index (χ0) is 14.7. The summed E-state index contributed by atoms with van der Waals surface area (Å²) in [4.78, 5) is 4.45. The average Bonchev–Trinajstić information content (AvgIpc) is 2.82. The molecule has 1 aromatic heterocycles. The molecule has 4 nitrogen and oxygen atoms in total. The third-order valence-electron chi connectivity index (χ3n) is 3.24. The zero-order valence-corrected chi connectivity index (χ0v) is 11.8. The summed E-state index contributed by atoms with van der Waals surface area (Å²) >= 11 is 0. The van der Waals surface area contributed by atoms with Gasteiger partial charge in [-0.3, -0.25) is 4.99 Å². The van der Waals surface area contributed by atoms with E-state index < -0.39 is 0 Å². The van der Waals surface area contributed by atoms with E-state index in [4.69, 9.17) is 5.73 Å². The van der Waals surface area contributed by atoms with Crippen LogP contribution in [0.4, 0.5) is 11.5 Å². The number of nitrogen functional groups attached to an aromatic ring is 1. The van der Waals surface area contributed by atoms with Crippen molar-refractivity contribution in [2.24, 2.45) is 4.99 Å². The van der Waals surface area contributed by atoms with Crippen molar-refractivity contribution in [3.63, 3.8) is 0 Å². The molecule has 0 radical (unpaired) electrons. The fraction of sp³-hybridized carbons (Fsp3) is 0.0588. The summed E-state index contributed by atoms with van der Waals surface area (Å²) < 4.78 is 1.74. The molecule has 2 N–H and O–H groups in total. The van der Waals surface area contributed by atoms with Gasteiger partial charge in [0, 0.05) is 6.21 Å². The number of hydrogen-bond acceptors (Lipinski definition) is 3. The number of hydrogen-bond donors (Lipinski definition) is 1. The Morgan fingerprint density at radius 3 is 2.29 bits per heavy atom. The van der Waals surface area contributed by atoms with Crippen molar-refractivity contribution in [2.45, 2.75) is 6.92 Å². The van der Waals surface area contributed by atoms with E-state index in [1.807, 2.05) is 67.6 Å². The monoisotopic (exact) mass is 276 g/mol. The number of aliphatic imine (C=N–C) groups is 1. The lowest BCUT2D eigenvalue weighted by atomic mass is 10.2. The summed E-state index contributed by atoms with van der Waals surface area (Å²) in [6.07, 6.45) is 1.77. The van der Waals surface area contributed by atoms with Gasteiger partial charge in [-0.15, -0.1) is 0 Å². The maximum Gasteiger partial charge on any atom is 0.136 e. The molecular formula is C17H16N4. The number of anilines is 1. The predicted molar refractivity (Wildman–Crippen MR) is 86.4 cm³/mol.